The maximum absolute atomic E-state index is 12.5. The Hall–Kier alpha value is -1.92. The van der Waals surface area contributed by atoms with Crippen molar-refractivity contribution in [3.05, 3.63) is 56.6 Å². The number of ketones is 1. The highest BCUT2D eigenvalue weighted by molar-refractivity contribution is 9.10. The van der Waals surface area contributed by atoms with Crippen LogP contribution in [-0.4, -0.2) is 21.6 Å². The van der Waals surface area contributed by atoms with Gasteiger partial charge in [-0.05, 0) is 36.4 Å². The number of hydrogen-bond donors (Lipinski definition) is 2. The lowest BCUT2D eigenvalue weighted by Gasteiger charge is -1.97. The number of nitrogens with one attached hydrogen (secondary N) is 1. The van der Waals surface area contributed by atoms with Gasteiger partial charge in [-0.1, -0.05) is 31.9 Å². The molecular formula is C16H8Br2N2O2. The first kappa shape index (κ1) is 13.7. The SMILES string of the molecule is O=C1C(c2[nH]c3cc(Br)ccc3c2O)=Nc2cc(Br)ccc21. The number of rotatable bonds is 1. The number of benzene rings is 2. The van der Waals surface area contributed by atoms with E-state index < -0.39 is 0 Å². The molecular weight excluding hydrogens is 412 g/mol. The zero-order valence-electron chi connectivity index (χ0n) is 11.0. The van der Waals surface area contributed by atoms with Crippen LogP contribution in [0.1, 0.15) is 16.1 Å². The first-order chi connectivity index (χ1) is 10.5. The van der Waals surface area contributed by atoms with Crippen molar-refractivity contribution in [2.24, 2.45) is 4.99 Å². The van der Waals surface area contributed by atoms with Crippen molar-refractivity contribution in [3.63, 3.8) is 0 Å². The van der Waals surface area contributed by atoms with E-state index in [9.17, 15) is 9.90 Å². The lowest BCUT2D eigenvalue weighted by Crippen LogP contribution is -2.11. The fourth-order valence-electron chi connectivity index (χ4n) is 2.58. The van der Waals surface area contributed by atoms with Gasteiger partial charge in [-0.3, -0.25) is 4.79 Å². The van der Waals surface area contributed by atoms with Gasteiger partial charge < -0.3 is 10.1 Å². The lowest BCUT2D eigenvalue weighted by atomic mass is 10.1. The highest BCUT2D eigenvalue weighted by Crippen LogP contribution is 2.36. The van der Waals surface area contributed by atoms with Crippen molar-refractivity contribution in [2.45, 2.75) is 0 Å². The number of halogens is 2. The quantitative estimate of drug-likeness (QED) is 0.599. The molecule has 2 heterocycles. The normalized spacial score (nSPS) is 13.5. The van der Waals surface area contributed by atoms with Crippen LogP contribution in [0.25, 0.3) is 10.9 Å². The van der Waals surface area contributed by atoms with Crippen LogP contribution in [0.15, 0.2) is 50.3 Å². The van der Waals surface area contributed by atoms with E-state index in [2.05, 4.69) is 41.8 Å². The van der Waals surface area contributed by atoms with E-state index >= 15 is 0 Å². The summed E-state index contributed by atoms with van der Waals surface area (Å²) in [4.78, 5) is 20.0. The summed E-state index contributed by atoms with van der Waals surface area (Å²) in [6, 6.07) is 10.8. The van der Waals surface area contributed by atoms with E-state index in [1.54, 1.807) is 24.3 Å². The highest BCUT2D eigenvalue weighted by Gasteiger charge is 2.29. The standard InChI is InChI=1S/C16H8Br2N2O2/c17-7-1-3-9-11(5-7)19-13(15(9)21)14-16(22)10-4-2-8(18)6-12(10)20-14/h1-6,19,21H. The lowest BCUT2D eigenvalue weighted by molar-refractivity contribution is 0.107. The zero-order valence-corrected chi connectivity index (χ0v) is 14.2. The molecule has 1 aliphatic rings. The van der Waals surface area contributed by atoms with Crippen LogP contribution in [0, 0.1) is 0 Å². The van der Waals surface area contributed by atoms with Gasteiger partial charge in [0.05, 0.1) is 16.8 Å². The van der Waals surface area contributed by atoms with Gasteiger partial charge in [0.1, 0.15) is 11.4 Å². The van der Waals surface area contributed by atoms with Gasteiger partial charge >= 0.3 is 0 Å². The second-order valence-electron chi connectivity index (χ2n) is 4.99. The largest absolute Gasteiger partial charge is 0.505 e. The molecule has 0 atom stereocenters. The molecule has 0 radical (unpaired) electrons. The fourth-order valence-corrected chi connectivity index (χ4v) is 3.29. The number of hydrogen-bond acceptors (Lipinski definition) is 3. The number of nitrogens with zero attached hydrogens (tertiary/aromatic N) is 1. The first-order valence-corrected chi connectivity index (χ1v) is 8.06. The van der Waals surface area contributed by atoms with E-state index in [1.807, 2.05) is 12.1 Å². The van der Waals surface area contributed by atoms with Gasteiger partial charge in [-0.25, -0.2) is 4.99 Å². The molecule has 0 bridgehead atoms. The summed E-state index contributed by atoms with van der Waals surface area (Å²) in [5, 5.41) is 11.1. The minimum absolute atomic E-state index is 0.0430. The van der Waals surface area contributed by atoms with Crippen molar-refractivity contribution in [1.82, 2.24) is 4.98 Å². The summed E-state index contributed by atoms with van der Waals surface area (Å²) < 4.78 is 1.74. The van der Waals surface area contributed by atoms with Gasteiger partial charge in [0.2, 0.25) is 5.78 Å². The van der Waals surface area contributed by atoms with Crippen molar-refractivity contribution >= 4 is 59.9 Å². The molecule has 2 N–H and O–H groups in total. The number of carbonyl (C=O) groups excluding carboxylic acids is 1. The molecule has 0 saturated carbocycles. The van der Waals surface area contributed by atoms with Crippen LogP contribution in [0.2, 0.25) is 0 Å². The Morgan fingerprint density at radius 3 is 2.59 bits per heavy atom. The minimum atomic E-state index is -0.191. The minimum Gasteiger partial charge on any atom is -0.505 e. The van der Waals surface area contributed by atoms with Crippen LogP contribution >= 0.6 is 31.9 Å². The molecule has 2 aromatic carbocycles. The molecule has 0 saturated heterocycles. The Labute approximate surface area is 142 Å². The van der Waals surface area contributed by atoms with E-state index in [0.717, 1.165) is 14.5 Å². The molecule has 1 aliphatic heterocycles. The van der Waals surface area contributed by atoms with Crippen molar-refractivity contribution in [3.8, 4) is 5.75 Å². The monoisotopic (exact) mass is 418 g/mol. The Morgan fingerprint density at radius 2 is 1.77 bits per heavy atom. The van der Waals surface area contributed by atoms with Gasteiger partial charge in [0.25, 0.3) is 0 Å². The van der Waals surface area contributed by atoms with Crippen molar-refractivity contribution in [2.75, 3.05) is 0 Å². The van der Waals surface area contributed by atoms with Gasteiger partial charge in [0, 0.05) is 14.3 Å². The molecule has 0 unspecified atom stereocenters. The highest BCUT2D eigenvalue weighted by atomic mass is 79.9. The van der Waals surface area contributed by atoms with Gasteiger partial charge in [-0.15, -0.1) is 0 Å². The molecule has 0 fully saturated rings. The van der Waals surface area contributed by atoms with Crippen LogP contribution in [-0.2, 0) is 0 Å². The number of carbonyl (C=O) groups is 1. The van der Waals surface area contributed by atoms with Crippen LogP contribution < -0.4 is 0 Å². The van der Waals surface area contributed by atoms with Gasteiger partial charge in [-0.2, -0.15) is 0 Å². The molecule has 108 valence electrons. The maximum atomic E-state index is 12.5. The van der Waals surface area contributed by atoms with E-state index in [4.69, 9.17) is 0 Å². The summed E-state index contributed by atoms with van der Waals surface area (Å²) in [7, 11) is 0. The molecule has 3 aromatic rings. The van der Waals surface area contributed by atoms with Crippen LogP contribution in [0.5, 0.6) is 5.75 Å². The third-order valence-corrected chi connectivity index (χ3v) is 4.61. The van der Waals surface area contributed by atoms with Crippen molar-refractivity contribution in [1.29, 1.82) is 0 Å². The number of H-pyrrole nitrogens is 1. The first-order valence-electron chi connectivity index (χ1n) is 6.48. The Morgan fingerprint density at radius 1 is 1.05 bits per heavy atom. The molecule has 0 amide bonds. The Balaban J connectivity index is 1.92. The second-order valence-corrected chi connectivity index (χ2v) is 6.82. The summed E-state index contributed by atoms with van der Waals surface area (Å²) >= 11 is 6.76. The second kappa shape index (κ2) is 4.79. The maximum Gasteiger partial charge on any atom is 0.215 e. The predicted octanol–water partition coefficient (Wildman–Crippen LogP) is 4.72. The predicted molar refractivity (Wildman–Crippen MR) is 92.3 cm³/mol. The zero-order chi connectivity index (χ0) is 15.4. The topological polar surface area (TPSA) is 65.5 Å². The van der Waals surface area contributed by atoms with Crippen LogP contribution in [0.4, 0.5) is 5.69 Å². The summed E-state index contributed by atoms with van der Waals surface area (Å²) in [5.74, 6) is -0.148. The summed E-state index contributed by atoms with van der Waals surface area (Å²) in [6.07, 6.45) is 0. The average Bonchev–Trinajstić information content (AvgIpc) is 2.96. The third-order valence-electron chi connectivity index (χ3n) is 3.62. The number of fused-ring (bicyclic) bond motifs is 2. The van der Waals surface area contributed by atoms with E-state index in [1.165, 1.54) is 0 Å². The molecule has 4 nitrogen and oxygen atoms in total. The Kier molecular flexibility index (Phi) is 2.99. The summed E-state index contributed by atoms with van der Waals surface area (Å²) in [6.45, 7) is 0. The van der Waals surface area contributed by atoms with E-state index in [0.29, 0.717) is 22.3 Å². The smallest absolute Gasteiger partial charge is 0.215 e. The van der Waals surface area contributed by atoms with Gasteiger partial charge in [0.15, 0.2) is 5.75 Å². The number of Topliss-reactive ketones (excluding diaryl/α,β-unsaturated/α-hetero) is 1. The molecule has 4 rings (SSSR count). The summed E-state index contributed by atoms with van der Waals surface area (Å²) in [5.41, 5.74) is 2.48. The fraction of sp³-hybridized carbons (Fsp3) is 0. The van der Waals surface area contributed by atoms with Crippen LogP contribution in [0.3, 0.4) is 0 Å². The molecule has 0 aliphatic carbocycles. The number of aromatic hydroxyl groups is 1. The third kappa shape index (κ3) is 1.94. The number of aromatic amines is 1. The van der Waals surface area contributed by atoms with E-state index in [-0.39, 0.29) is 17.2 Å². The number of aromatic nitrogens is 1. The molecule has 22 heavy (non-hydrogen) atoms. The molecule has 0 spiro atoms. The Bertz CT molecular complexity index is 989. The molecule has 1 aromatic heterocycles. The average molecular weight is 420 g/mol. The molecule has 6 heteroatoms. The number of aliphatic imine (C=N–C) groups is 1. The van der Waals surface area contributed by atoms with Crippen molar-refractivity contribution < 1.29 is 9.90 Å².